The number of nitrogens with zero attached hydrogens (tertiary/aromatic N) is 1. The van der Waals surface area contributed by atoms with Crippen LogP contribution in [-0.4, -0.2) is 0 Å². The Morgan fingerprint density at radius 3 is 1.28 bits per heavy atom. The molecule has 0 atom stereocenters. The summed E-state index contributed by atoms with van der Waals surface area (Å²) in [6, 6.07) is 85.0. The molecule has 0 N–H and O–H groups in total. The van der Waals surface area contributed by atoms with Gasteiger partial charge in [-0.1, -0.05) is 227 Å². The highest BCUT2D eigenvalue weighted by Crippen LogP contribution is 2.59. The van der Waals surface area contributed by atoms with Gasteiger partial charge in [-0.3, -0.25) is 0 Å². The van der Waals surface area contributed by atoms with E-state index in [1.165, 1.54) is 148 Å². The fourth-order valence-corrected chi connectivity index (χ4v) is 12.4. The van der Waals surface area contributed by atoms with Gasteiger partial charge >= 0.3 is 0 Å². The Balaban J connectivity index is 1.01. The van der Waals surface area contributed by atoms with Crippen molar-refractivity contribution in [3.63, 3.8) is 0 Å². The highest BCUT2D eigenvalue weighted by molar-refractivity contribution is 5.97. The second-order valence-electron chi connectivity index (χ2n) is 19.6. The van der Waals surface area contributed by atoms with Crippen molar-refractivity contribution >= 4 is 17.1 Å². The molecule has 9 aromatic rings. The lowest BCUT2D eigenvalue weighted by molar-refractivity contribution is 0.443. The molecular weight excluding hydrogens is 819 g/mol. The highest BCUT2D eigenvalue weighted by Gasteiger charge is 2.47. The number of rotatable bonds is 10. The third-order valence-corrected chi connectivity index (χ3v) is 15.8. The molecule has 2 saturated carbocycles. The predicted octanol–water partition coefficient (Wildman–Crippen LogP) is 18.6. The van der Waals surface area contributed by atoms with Gasteiger partial charge in [0.1, 0.15) is 0 Å². The average Bonchev–Trinajstić information content (AvgIpc) is 3.73. The molecule has 0 bridgehead atoms. The number of anilines is 3. The lowest BCUT2D eigenvalue weighted by Gasteiger charge is -2.35. The molecule has 9 aromatic carbocycles. The Kier molecular flexibility index (Phi) is 11.4. The first-order chi connectivity index (χ1) is 33.7. The Hall–Kier alpha value is -7.22. The summed E-state index contributed by atoms with van der Waals surface area (Å²) < 4.78 is 0. The molecule has 3 aliphatic carbocycles. The van der Waals surface area contributed by atoms with Crippen LogP contribution in [0.5, 0.6) is 0 Å². The summed E-state index contributed by atoms with van der Waals surface area (Å²) >= 11 is 0. The van der Waals surface area contributed by atoms with E-state index in [0.29, 0.717) is 11.8 Å². The van der Waals surface area contributed by atoms with Crippen LogP contribution in [0.3, 0.4) is 0 Å². The first kappa shape index (κ1) is 42.2. The summed E-state index contributed by atoms with van der Waals surface area (Å²) in [6.07, 6.45) is 13.3. The first-order valence-corrected chi connectivity index (χ1v) is 25.4. The molecule has 0 saturated heterocycles. The first-order valence-electron chi connectivity index (χ1n) is 25.4. The van der Waals surface area contributed by atoms with E-state index >= 15 is 0 Å². The summed E-state index contributed by atoms with van der Waals surface area (Å²) in [4.78, 5) is 2.49. The molecule has 0 heterocycles. The van der Waals surface area contributed by atoms with E-state index in [2.05, 4.69) is 229 Å². The molecule has 1 nitrogen and oxygen atoms in total. The number of hydrogen-bond acceptors (Lipinski definition) is 1. The van der Waals surface area contributed by atoms with Gasteiger partial charge in [-0.25, -0.2) is 0 Å². The summed E-state index contributed by atoms with van der Waals surface area (Å²) in [5, 5.41) is 0. The number of hydrogen-bond donors (Lipinski definition) is 0. The van der Waals surface area contributed by atoms with Crippen molar-refractivity contribution in [3.05, 3.63) is 258 Å². The molecule has 3 aliphatic rings. The summed E-state index contributed by atoms with van der Waals surface area (Å²) in [6.45, 7) is 0. The minimum absolute atomic E-state index is 0.549. The Morgan fingerprint density at radius 1 is 0.309 bits per heavy atom. The molecule has 2 fully saturated rings. The molecule has 0 unspecified atom stereocenters. The van der Waals surface area contributed by atoms with Gasteiger partial charge < -0.3 is 4.90 Å². The van der Waals surface area contributed by atoms with Crippen molar-refractivity contribution in [2.24, 2.45) is 0 Å². The standard InChI is InChI=1S/C67H59N/c1-6-19-48(20-7-1)50-33-35-53(36-34-50)60-29-16-17-30-61(60)54-39-43-58(44-40-54)68(57-41-37-51(38-42-57)49-21-8-2-9-22-49)59-45-46-63-65(47-59)67(55-25-12-4-13-26-55,56-27-14-5-15-28-56)64-32-18-31-62(66(63)64)52-23-10-3-11-24-52/h3-5,10-18,23-49H,1-2,6-9,19-22H2. The molecule has 12 rings (SSSR count). The lowest BCUT2D eigenvalue weighted by Crippen LogP contribution is -2.28. The maximum atomic E-state index is 2.51. The maximum Gasteiger partial charge on any atom is 0.0714 e. The second-order valence-corrected chi connectivity index (χ2v) is 19.6. The zero-order valence-corrected chi connectivity index (χ0v) is 39.0. The van der Waals surface area contributed by atoms with Gasteiger partial charge in [0.25, 0.3) is 0 Å². The molecular formula is C67H59N. The molecule has 0 amide bonds. The van der Waals surface area contributed by atoms with E-state index in [9.17, 15) is 0 Å². The third kappa shape index (κ3) is 7.59. The van der Waals surface area contributed by atoms with Crippen molar-refractivity contribution in [2.75, 3.05) is 4.90 Å². The van der Waals surface area contributed by atoms with E-state index in [-0.39, 0.29) is 0 Å². The Bertz CT molecular complexity index is 3100. The van der Waals surface area contributed by atoms with Crippen LogP contribution in [0.2, 0.25) is 0 Å². The van der Waals surface area contributed by atoms with Crippen LogP contribution in [0.1, 0.15) is 109 Å². The van der Waals surface area contributed by atoms with E-state index in [0.717, 1.165) is 11.4 Å². The third-order valence-electron chi connectivity index (χ3n) is 15.8. The van der Waals surface area contributed by atoms with Gasteiger partial charge in [0.2, 0.25) is 0 Å². The SMILES string of the molecule is c1ccc(-c2cccc3c2-c2ccc(N(c4ccc(-c5ccccc5-c5ccc(C6CCCCC6)cc5)cc4)c4ccc(C5CCCCC5)cc4)cc2C3(c2ccccc2)c2ccccc2)cc1. The zero-order chi connectivity index (χ0) is 45.3. The van der Waals surface area contributed by atoms with Gasteiger partial charge in [0.15, 0.2) is 0 Å². The minimum atomic E-state index is -0.549. The molecule has 0 spiro atoms. The summed E-state index contributed by atoms with van der Waals surface area (Å²) in [5.74, 6) is 1.34. The fourth-order valence-electron chi connectivity index (χ4n) is 12.4. The monoisotopic (exact) mass is 877 g/mol. The van der Waals surface area contributed by atoms with Crippen LogP contribution < -0.4 is 4.90 Å². The van der Waals surface area contributed by atoms with E-state index in [4.69, 9.17) is 0 Å². The molecule has 0 aromatic heterocycles. The number of benzene rings is 9. The van der Waals surface area contributed by atoms with Crippen molar-refractivity contribution in [3.8, 4) is 44.5 Å². The maximum absolute atomic E-state index is 2.51. The quantitative estimate of drug-likeness (QED) is 0.132. The van der Waals surface area contributed by atoms with Crippen molar-refractivity contribution in [1.29, 1.82) is 0 Å². The van der Waals surface area contributed by atoms with Crippen LogP contribution >= 0.6 is 0 Å². The largest absolute Gasteiger partial charge is 0.310 e. The summed E-state index contributed by atoms with van der Waals surface area (Å²) in [7, 11) is 0. The molecule has 0 aliphatic heterocycles. The molecule has 332 valence electrons. The van der Waals surface area contributed by atoms with Crippen LogP contribution in [0.4, 0.5) is 17.1 Å². The van der Waals surface area contributed by atoms with Crippen molar-refractivity contribution in [2.45, 2.75) is 81.5 Å². The lowest BCUT2D eigenvalue weighted by atomic mass is 9.67. The van der Waals surface area contributed by atoms with Gasteiger partial charge in [-0.05, 0) is 152 Å². The highest BCUT2D eigenvalue weighted by atomic mass is 15.1. The van der Waals surface area contributed by atoms with Crippen LogP contribution in [-0.2, 0) is 5.41 Å². The second kappa shape index (κ2) is 18.5. The van der Waals surface area contributed by atoms with Crippen molar-refractivity contribution in [1.82, 2.24) is 0 Å². The fraction of sp³-hybridized carbons (Fsp3) is 0.194. The van der Waals surface area contributed by atoms with Gasteiger partial charge in [-0.2, -0.15) is 0 Å². The number of fused-ring (bicyclic) bond motifs is 3. The Morgan fingerprint density at radius 2 is 0.735 bits per heavy atom. The topological polar surface area (TPSA) is 3.24 Å². The molecule has 68 heavy (non-hydrogen) atoms. The van der Waals surface area contributed by atoms with Crippen LogP contribution in [0.25, 0.3) is 44.5 Å². The average molecular weight is 878 g/mol. The van der Waals surface area contributed by atoms with Gasteiger partial charge in [0.05, 0.1) is 5.41 Å². The minimum Gasteiger partial charge on any atom is -0.310 e. The smallest absolute Gasteiger partial charge is 0.0714 e. The van der Waals surface area contributed by atoms with Crippen molar-refractivity contribution < 1.29 is 0 Å². The van der Waals surface area contributed by atoms with E-state index in [1.807, 2.05) is 0 Å². The normalized spacial score (nSPS) is 15.6. The van der Waals surface area contributed by atoms with E-state index in [1.54, 1.807) is 0 Å². The van der Waals surface area contributed by atoms with E-state index < -0.39 is 5.41 Å². The molecule has 0 radical (unpaired) electrons. The Labute approximate surface area is 403 Å². The summed E-state index contributed by atoms with van der Waals surface area (Å²) in [5.41, 5.74) is 21.1. The van der Waals surface area contributed by atoms with Crippen LogP contribution in [0.15, 0.2) is 224 Å². The zero-order valence-electron chi connectivity index (χ0n) is 39.0. The molecule has 1 heteroatoms. The predicted molar refractivity (Wildman–Crippen MR) is 286 cm³/mol. The van der Waals surface area contributed by atoms with Gasteiger partial charge in [-0.15, -0.1) is 0 Å². The van der Waals surface area contributed by atoms with Gasteiger partial charge in [0, 0.05) is 17.1 Å². The van der Waals surface area contributed by atoms with Crippen LogP contribution in [0, 0.1) is 0 Å².